The number of phenolic OH excluding ortho intramolecular Hbond substituents is 1. The first-order chi connectivity index (χ1) is 16.8. The number of aromatic hydroxyl groups is 1. The number of carbonyl (C=O) groups is 5. The molecule has 5 atom stereocenters. The molecule has 0 fully saturated rings. The molecule has 200 valence electrons. The average Bonchev–Trinajstić information content (AvgIpc) is 2.80. The molecule has 36 heavy (non-hydrogen) atoms. The lowest BCUT2D eigenvalue weighted by Crippen LogP contribution is -2.58. The fourth-order valence-corrected chi connectivity index (χ4v) is 3.46. The van der Waals surface area contributed by atoms with Crippen LogP contribution in [0.5, 0.6) is 5.75 Å². The molecular weight excluding hydrogens is 496 g/mol. The largest absolute Gasteiger partial charge is 0.508 e. The molecule has 9 N–H and O–H groups in total. The molecule has 14 heteroatoms. The van der Waals surface area contributed by atoms with E-state index >= 15 is 0 Å². The van der Waals surface area contributed by atoms with E-state index in [4.69, 9.17) is 10.8 Å². The number of aliphatic carboxylic acids is 2. The molecule has 0 aromatic heterocycles. The molecule has 0 aliphatic rings. The second kappa shape index (κ2) is 14.9. The minimum absolute atomic E-state index is 0.00749. The van der Waals surface area contributed by atoms with Crippen molar-refractivity contribution in [3.05, 3.63) is 29.8 Å². The molecule has 5 unspecified atom stereocenters. The summed E-state index contributed by atoms with van der Waals surface area (Å²) in [5, 5.41) is 44.5. The summed E-state index contributed by atoms with van der Waals surface area (Å²) in [6, 6.07) is 0.149. The molecular formula is C22H32N4O9S. The number of aliphatic hydroxyl groups is 1. The fraction of sp³-hybridized carbons (Fsp3) is 0.500. The van der Waals surface area contributed by atoms with Crippen molar-refractivity contribution in [2.24, 2.45) is 5.73 Å². The number of amides is 3. The summed E-state index contributed by atoms with van der Waals surface area (Å²) in [5.74, 6) is -5.11. The van der Waals surface area contributed by atoms with E-state index in [0.717, 1.165) is 0 Å². The van der Waals surface area contributed by atoms with Crippen molar-refractivity contribution >= 4 is 41.4 Å². The Balaban J connectivity index is 3.01. The Labute approximate surface area is 211 Å². The van der Waals surface area contributed by atoms with Crippen LogP contribution >= 0.6 is 11.8 Å². The summed E-state index contributed by atoms with van der Waals surface area (Å²) < 4.78 is 0. The fourth-order valence-electron chi connectivity index (χ4n) is 2.99. The zero-order valence-corrected chi connectivity index (χ0v) is 20.7. The average molecular weight is 529 g/mol. The zero-order valence-electron chi connectivity index (χ0n) is 19.8. The topological polar surface area (TPSA) is 228 Å². The van der Waals surface area contributed by atoms with E-state index in [1.54, 1.807) is 6.26 Å². The number of nitrogens with two attached hydrogens (primary N) is 1. The van der Waals surface area contributed by atoms with Gasteiger partial charge < -0.3 is 42.1 Å². The third-order valence-electron chi connectivity index (χ3n) is 5.07. The number of nitrogens with one attached hydrogen (secondary N) is 3. The number of carbonyl (C=O) groups excluding carboxylic acids is 3. The molecule has 0 radical (unpaired) electrons. The van der Waals surface area contributed by atoms with Crippen LogP contribution < -0.4 is 21.7 Å². The smallest absolute Gasteiger partial charge is 0.326 e. The van der Waals surface area contributed by atoms with Crippen LogP contribution in [0.2, 0.25) is 0 Å². The Morgan fingerprint density at radius 1 is 0.917 bits per heavy atom. The first-order valence-corrected chi connectivity index (χ1v) is 12.3. The summed E-state index contributed by atoms with van der Waals surface area (Å²) in [6.07, 6.45) is -0.336. The highest BCUT2D eigenvalue weighted by atomic mass is 32.2. The van der Waals surface area contributed by atoms with Gasteiger partial charge in [0.15, 0.2) is 0 Å². The number of rotatable bonds is 15. The van der Waals surface area contributed by atoms with Gasteiger partial charge >= 0.3 is 11.9 Å². The van der Waals surface area contributed by atoms with E-state index in [0.29, 0.717) is 11.3 Å². The van der Waals surface area contributed by atoms with Gasteiger partial charge in [0.1, 0.15) is 29.9 Å². The Morgan fingerprint density at radius 3 is 1.94 bits per heavy atom. The monoisotopic (exact) mass is 528 g/mol. The number of carboxylic acids is 2. The van der Waals surface area contributed by atoms with Crippen LogP contribution in [0, 0.1) is 0 Å². The number of thioether (sulfide) groups is 1. The van der Waals surface area contributed by atoms with E-state index in [2.05, 4.69) is 16.0 Å². The lowest BCUT2D eigenvalue weighted by molar-refractivity contribution is -0.143. The van der Waals surface area contributed by atoms with E-state index in [1.165, 1.54) is 43.0 Å². The molecule has 3 amide bonds. The molecule has 0 saturated carbocycles. The Bertz CT molecular complexity index is 927. The molecule has 0 heterocycles. The van der Waals surface area contributed by atoms with Crippen LogP contribution in [-0.2, 0) is 30.4 Å². The van der Waals surface area contributed by atoms with Crippen LogP contribution in [0.3, 0.4) is 0 Å². The van der Waals surface area contributed by atoms with Crippen LogP contribution in [0.15, 0.2) is 24.3 Å². The van der Waals surface area contributed by atoms with E-state index < -0.39 is 66.4 Å². The molecule has 1 aromatic carbocycles. The molecule has 0 aliphatic heterocycles. The first-order valence-electron chi connectivity index (χ1n) is 10.9. The van der Waals surface area contributed by atoms with Gasteiger partial charge in [-0.3, -0.25) is 19.2 Å². The van der Waals surface area contributed by atoms with E-state index in [1.807, 2.05) is 0 Å². The van der Waals surface area contributed by atoms with Crippen LogP contribution in [0.1, 0.15) is 25.3 Å². The maximum atomic E-state index is 12.9. The number of hydrogen-bond donors (Lipinski definition) is 8. The predicted octanol–water partition coefficient (Wildman–Crippen LogP) is -1.59. The van der Waals surface area contributed by atoms with Gasteiger partial charge in [-0.15, -0.1) is 0 Å². The molecule has 1 aromatic rings. The summed E-state index contributed by atoms with van der Waals surface area (Å²) >= 11 is 1.36. The van der Waals surface area contributed by atoms with Crippen molar-refractivity contribution in [1.82, 2.24) is 16.0 Å². The second-order valence-electron chi connectivity index (χ2n) is 8.04. The quantitative estimate of drug-likeness (QED) is 0.129. The van der Waals surface area contributed by atoms with Gasteiger partial charge in [0.2, 0.25) is 17.7 Å². The second-order valence-corrected chi connectivity index (χ2v) is 9.02. The minimum Gasteiger partial charge on any atom is -0.508 e. The maximum Gasteiger partial charge on any atom is 0.326 e. The third-order valence-corrected chi connectivity index (χ3v) is 5.71. The molecule has 1 rings (SSSR count). The van der Waals surface area contributed by atoms with Gasteiger partial charge in [-0.25, -0.2) is 4.79 Å². The summed E-state index contributed by atoms with van der Waals surface area (Å²) in [7, 11) is 0. The number of carboxylic acid groups (broad SMARTS) is 2. The SMILES string of the molecule is CSCCC(NC(=O)C(CC(=O)O)NC(=O)C(N)C(C)O)C(=O)NC(Cc1ccc(O)cc1)C(=O)O. The molecule has 0 aliphatic carbocycles. The van der Waals surface area contributed by atoms with Gasteiger partial charge in [-0.05, 0) is 43.0 Å². The summed E-state index contributed by atoms with van der Waals surface area (Å²) in [4.78, 5) is 60.8. The van der Waals surface area contributed by atoms with Crippen LogP contribution in [-0.4, -0.2) is 92.4 Å². The Hall–Kier alpha value is -3.36. The number of phenols is 1. The molecule has 0 spiro atoms. The van der Waals surface area contributed by atoms with Crippen molar-refractivity contribution < 1.29 is 44.4 Å². The van der Waals surface area contributed by atoms with Crippen LogP contribution in [0.4, 0.5) is 0 Å². The van der Waals surface area contributed by atoms with Gasteiger partial charge in [0.25, 0.3) is 0 Å². The Kier molecular flexibility index (Phi) is 12.7. The van der Waals surface area contributed by atoms with Gasteiger partial charge in [0.05, 0.1) is 12.5 Å². The van der Waals surface area contributed by atoms with Crippen molar-refractivity contribution in [2.75, 3.05) is 12.0 Å². The standard InChI is InChI=1S/C22H32N4O9S/c1-11(27)18(23)21(33)25-15(10-17(29)30)20(32)24-14(7-8-36-2)19(31)26-16(22(34)35)9-12-3-5-13(28)6-4-12/h3-6,11,14-16,18,27-28H,7-10,23H2,1-2H3,(H,24,32)(H,25,33)(H,26,31)(H,29,30)(H,34,35). The zero-order chi connectivity index (χ0) is 27.4. The first kappa shape index (κ1) is 30.7. The van der Waals surface area contributed by atoms with Gasteiger partial charge in [-0.1, -0.05) is 12.1 Å². The predicted molar refractivity (Wildman–Crippen MR) is 130 cm³/mol. The Morgan fingerprint density at radius 2 is 1.44 bits per heavy atom. The molecule has 0 bridgehead atoms. The van der Waals surface area contributed by atoms with Crippen molar-refractivity contribution in [3.63, 3.8) is 0 Å². The van der Waals surface area contributed by atoms with Crippen molar-refractivity contribution in [2.45, 2.75) is 56.5 Å². The van der Waals surface area contributed by atoms with Crippen molar-refractivity contribution in [3.8, 4) is 5.75 Å². The lowest BCUT2D eigenvalue weighted by atomic mass is 10.0. The minimum atomic E-state index is -1.60. The third kappa shape index (κ3) is 10.5. The highest BCUT2D eigenvalue weighted by molar-refractivity contribution is 7.98. The number of aliphatic hydroxyl groups excluding tert-OH is 1. The highest BCUT2D eigenvalue weighted by Gasteiger charge is 2.32. The summed E-state index contributed by atoms with van der Waals surface area (Å²) in [6.45, 7) is 1.25. The molecule has 0 saturated heterocycles. The van der Waals surface area contributed by atoms with Gasteiger partial charge in [0, 0.05) is 6.42 Å². The highest BCUT2D eigenvalue weighted by Crippen LogP contribution is 2.12. The van der Waals surface area contributed by atoms with Crippen molar-refractivity contribution in [1.29, 1.82) is 0 Å². The molecule has 13 nitrogen and oxygen atoms in total. The van der Waals surface area contributed by atoms with Gasteiger partial charge in [-0.2, -0.15) is 11.8 Å². The maximum absolute atomic E-state index is 12.9. The number of hydrogen-bond acceptors (Lipinski definition) is 9. The van der Waals surface area contributed by atoms with E-state index in [9.17, 15) is 39.3 Å². The lowest BCUT2D eigenvalue weighted by Gasteiger charge is -2.25. The summed E-state index contributed by atoms with van der Waals surface area (Å²) in [5.41, 5.74) is 6.06. The van der Waals surface area contributed by atoms with E-state index in [-0.39, 0.29) is 18.6 Å². The number of benzene rings is 1. The van der Waals surface area contributed by atoms with Crippen LogP contribution in [0.25, 0.3) is 0 Å². The normalized spacial score (nSPS) is 15.0.